The fourth-order valence-corrected chi connectivity index (χ4v) is 1.67. The van der Waals surface area contributed by atoms with Gasteiger partial charge in [0, 0.05) is 0 Å². The van der Waals surface area contributed by atoms with Crippen LogP contribution in [-0.4, -0.2) is 36.0 Å². The summed E-state index contributed by atoms with van der Waals surface area (Å²) in [6, 6.07) is 4.05. The van der Waals surface area contributed by atoms with Crippen molar-refractivity contribution in [3.8, 4) is 5.75 Å². The lowest BCUT2D eigenvalue weighted by molar-refractivity contribution is -0.124. The second kappa shape index (κ2) is 4.36. The van der Waals surface area contributed by atoms with Crippen molar-refractivity contribution in [3.63, 3.8) is 0 Å². The fourth-order valence-electron chi connectivity index (χ4n) is 1.67. The minimum atomic E-state index is -1.10. The number of aromatic carboxylic acids is 1. The monoisotopic (exact) mass is 250 g/mol. The second-order valence-electron chi connectivity index (χ2n) is 3.72. The van der Waals surface area contributed by atoms with Crippen LogP contribution in [0.4, 0.5) is 5.69 Å². The summed E-state index contributed by atoms with van der Waals surface area (Å²) >= 11 is 0. The van der Waals surface area contributed by atoms with Crippen molar-refractivity contribution in [2.45, 2.75) is 0 Å². The maximum atomic E-state index is 11.6. The smallest absolute Gasteiger partial charge is 0.335 e. The molecule has 0 saturated carbocycles. The zero-order chi connectivity index (χ0) is 13.3. The number of hydrogen-bond donors (Lipinski definition) is 2. The molecule has 2 rings (SSSR count). The molecule has 1 aromatic carbocycles. The summed E-state index contributed by atoms with van der Waals surface area (Å²) in [5, 5.41) is 8.84. The minimum Gasteiger partial charge on any atom is -0.482 e. The number of ether oxygens (including phenoxy) is 1. The molecule has 0 unspecified atom stereocenters. The average Bonchev–Trinajstić information content (AvgIpc) is 2.31. The van der Waals surface area contributed by atoms with Gasteiger partial charge in [-0.2, -0.15) is 0 Å². The van der Waals surface area contributed by atoms with Gasteiger partial charge in [0.25, 0.3) is 5.91 Å². The summed E-state index contributed by atoms with van der Waals surface area (Å²) in [7, 11) is 0. The van der Waals surface area contributed by atoms with Gasteiger partial charge in [0.15, 0.2) is 6.61 Å². The molecule has 0 atom stereocenters. The lowest BCUT2D eigenvalue weighted by atomic mass is 10.1. The number of benzene rings is 1. The van der Waals surface area contributed by atoms with Crippen molar-refractivity contribution in [1.29, 1.82) is 0 Å². The van der Waals surface area contributed by atoms with E-state index in [2.05, 4.69) is 0 Å². The molecule has 0 aromatic heterocycles. The first kappa shape index (κ1) is 11.9. The molecule has 0 aliphatic carbocycles. The van der Waals surface area contributed by atoms with Crippen LogP contribution in [-0.2, 0) is 9.59 Å². The zero-order valence-corrected chi connectivity index (χ0v) is 9.25. The molecule has 2 amide bonds. The molecule has 0 spiro atoms. The normalized spacial score (nSPS) is 13.8. The van der Waals surface area contributed by atoms with Gasteiger partial charge in [-0.15, -0.1) is 0 Å². The highest BCUT2D eigenvalue weighted by atomic mass is 16.5. The molecular weight excluding hydrogens is 240 g/mol. The first-order valence-corrected chi connectivity index (χ1v) is 5.08. The molecule has 1 aliphatic heterocycles. The van der Waals surface area contributed by atoms with Crippen molar-refractivity contribution in [1.82, 2.24) is 0 Å². The number of primary amides is 1. The number of carbonyl (C=O) groups is 3. The third-order valence-corrected chi connectivity index (χ3v) is 2.46. The topological polar surface area (TPSA) is 110 Å². The molecule has 3 N–H and O–H groups in total. The van der Waals surface area contributed by atoms with Gasteiger partial charge in [-0.1, -0.05) is 0 Å². The largest absolute Gasteiger partial charge is 0.482 e. The van der Waals surface area contributed by atoms with Crippen LogP contribution in [0.25, 0.3) is 0 Å². The van der Waals surface area contributed by atoms with E-state index in [0.29, 0.717) is 5.69 Å². The second-order valence-corrected chi connectivity index (χ2v) is 3.72. The lowest BCUT2D eigenvalue weighted by Crippen LogP contribution is -2.43. The predicted octanol–water partition coefficient (Wildman–Crippen LogP) is -0.404. The molecule has 18 heavy (non-hydrogen) atoms. The highest BCUT2D eigenvalue weighted by Gasteiger charge is 2.27. The van der Waals surface area contributed by atoms with Crippen molar-refractivity contribution >= 4 is 23.5 Å². The Balaban J connectivity index is 2.41. The molecule has 94 valence electrons. The Morgan fingerprint density at radius 1 is 1.44 bits per heavy atom. The number of rotatable bonds is 3. The molecule has 0 saturated heterocycles. The molecule has 7 nitrogen and oxygen atoms in total. The van der Waals surface area contributed by atoms with E-state index in [1.165, 1.54) is 23.1 Å². The van der Waals surface area contributed by atoms with E-state index in [0.717, 1.165) is 0 Å². The standard InChI is InChI=1S/C11H10N2O5/c12-9(14)4-13-7-2-1-6(11(16)17)3-8(7)18-5-10(13)15/h1-3H,4-5H2,(H2,12,14)(H,16,17). The summed E-state index contributed by atoms with van der Waals surface area (Å²) < 4.78 is 5.13. The Hall–Kier alpha value is -2.57. The van der Waals surface area contributed by atoms with Crippen molar-refractivity contribution in [3.05, 3.63) is 23.8 Å². The van der Waals surface area contributed by atoms with E-state index in [-0.39, 0.29) is 24.5 Å². The van der Waals surface area contributed by atoms with Crippen LogP contribution in [0.2, 0.25) is 0 Å². The average molecular weight is 250 g/mol. The minimum absolute atomic E-state index is 0.0436. The van der Waals surface area contributed by atoms with Gasteiger partial charge in [0.05, 0.1) is 11.3 Å². The van der Waals surface area contributed by atoms with Gasteiger partial charge < -0.3 is 15.6 Å². The van der Waals surface area contributed by atoms with Crippen LogP contribution in [0.5, 0.6) is 5.75 Å². The molecule has 0 fully saturated rings. The summed E-state index contributed by atoms with van der Waals surface area (Å²) in [5.41, 5.74) is 5.44. The van der Waals surface area contributed by atoms with Gasteiger partial charge >= 0.3 is 5.97 Å². The Kier molecular flexibility index (Phi) is 2.88. The highest BCUT2D eigenvalue weighted by Crippen LogP contribution is 2.32. The first-order valence-electron chi connectivity index (χ1n) is 5.08. The Labute approximate surface area is 102 Å². The number of hydrogen-bond acceptors (Lipinski definition) is 4. The Bertz CT molecular complexity index is 540. The van der Waals surface area contributed by atoms with Crippen molar-refractivity contribution in [2.75, 3.05) is 18.1 Å². The zero-order valence-electron chi connectivity index (χ0n) is 9.25. The lowest BCUT2D eigenvalue weighted by Gasteiger charge is -2.28. The van der Waals surface area contributed by atoms with E-state index >= 15 is 0 Å². The van der Waals surface area contributed by atoms with E-state index < -0.39 is 17.8 Å². The van der Waals surface area contributed by atoms with Crippen LogP contribution in [0.15, 0.2) is 18.2 Å². The summed E-state index contributed by atoms with van der Waals surface area (Å²) in [4.78, 5) is 34.5. The molecular formula is C11H10N2O5. The molecule has 1 aromatic rings. The first-order chi connectivity index (χ1) is 8.49. The van der Waals surface area contributed by atoms with Crippen LogP contribution >= 0.6 is 0 Å². The van der Waals surface area contributed by atoms with Crippen LogP contribution < -0.4 is 15.4 Å². The highest BCUT2D eigenvalue weighted by molar-refractivity contribution is 6.02. The molecule has 7 heteroatoms. The summed E-state index contributed by atoms with van der Waals surface area (Å²) in [5.74, 6) is -1.90. The number of nitrogens with zero attached hydrogens (tertiary/aromatic N) is 1. The van der Waals surface area contributed by atoms with E-state index in [9.17, 15) is 14.4 Å². The number of carboxylic acids is 1. The number of nitrogens with two attached hydrogens (primary N) is 1. The van der Waals surface area contributed by atoms with E-state index in [4.69, 9.17) is 15.6 Å². The summed E-state index contributed by atoms with van der Waals surface area (Å²) in [6.07, 6.45) is 0. The van der Waals surface area contributed by atoms with Gasteiger partial charge in [0.2, 0.25) is 5.91 Å². The molecule has 0 bridgehead atoms. The molecule has 1 aliphatic rings. The Morgan fingerprint density at radius 2 is 2.17 bits per heavy atom. The van der Waals surface area contributed by atoms with Crippen molar-refractivity contribution < 1.29 is 24.2 Å². The Morgan fingerprint density at radius 3 is 2.78 bits per heavy atom. The summed E-state index contributed by atoms with van der Waals surface area (Å²) in [6.45, 7) is -0.509. The van der Waals surface area contributed by atoms with Crippen LogP contribution in [0.3, 0.4) is 0 Å². The third kappa shape index (κ3) is 2.10. The number of anilines is 1. The fraction of sp³-hybridized carbons (Fsp3) is 0.182. The quantitative estimate of drug-likeness (QED) is 0.758. The van der Waals surface area contributed by atoms with E-state index in [1.807, 2.05) is 0 Å². The SMILES string of the molecule is NC(=O)CN1C(=O)COc2cc(C(=O)O)ccc21. The maximum Gasteiger partial charge on any atom is 0.335 e. The van der Waals surface area contributed by atoms with Crippen molar-refractivity contribution in [2.24, 2.45) is 5.73 Å². The maximum absolute atomic E-state index is 11.6. The molecule has 0 radical (unpaired) electrons. The number of fused-ring (bicyclic) bond motifs is 1. The van der Waals surface area contributed by atoms with E-state index in [1.54, 1.807) is 0 Å². The van der Waals surface area contributed by atoms with Crippen LogP contribution in [0, 0.1) is 0 Å². The van der Waals surface area contributed by atoms with Gasteiger partial charge in [-0.05, 0) is 18.2 Å². The predicted molar refractivity (Wildman–Crippen MR) is 60.4 cm³/mol. The number of amides is 2. The molecule has 1 heterocycles. The third-order valence-electron chi connectivity index (χ3n) is 2.46. The van der Waals surface area contributed by atoms with Gasteiger partial charge in [0.1, 0.15) is 12.3 Å². The number of carboxylic acid groups (broad SMARTS) is 1. The van der Waals surface area contributed by atoms with Crippen LogP contribution in [0.1, 0.15) is 10.4 Å². The van der Waals surface area contributed by atoms with Gasteiger partial charge in [-0.25, -0.2) is 4.79 Å². The van der Waals surface area contributed by atoms with Gasteiger partial charge in [-0.3, -0.25) is 14.5 Å². The number of carbonyl (C=O) groups excluding carboxylic acids is 2.